The minimum Gasteiger partial charge on any atom is -0.466 e. The number of anilines is 1. The van der Waals surface area contributed by atoms with Crippen molar-refractivity contribution in [3.8, 4) is 0 Å². The van der Waals surface area contributed by atoms with Crippen LogP contribution in [-0.2, 0) is 14.3 Å². The van der Waals surface area contributed by atoms with Gasteiger partial charge in [-0.25, -0.2) is 8.78 Å². The Morgan fingerprint density at radius 3 is 2.91 bits per heavy atom. The lowest BCUT2D eigenvalue weighted by molar-refractivity contribution is -0.150. The molecule has 23 heavy (non-hydrogen) atoms. The third kappa shape index (κ3) is 4.99. The summed E-state index contributed by atoms with van der Waals surface area (Å²) in [6, 6.07) is 2.88. The van der Waals surface area contributed by atoms with Crippen molar-refractivity contribution in [2.75, 3.05) is 31.6 Å². The van der Waals surface area contributed by atoms with Gasteiger partial charge in [0.1, 0.15) is 11.6 Å². The highest BCUT2D eigenvalue weighted by Crippen LogP contribution is 2.19. The fourth-order valence-corrected chi connectivity index (χ4v) is 2.64. The summed E-state index contributed by atoms with van der Waals surface area (Å²) < 4.78 is 31.6. The Hall–Kier alpha value is -2.02. The summed E-state index contributed by atoms with van der Waals surface area (Å²) in [7, 11) is 0. The van der Waals surface area contributed by atoms with E-state index in [1.54, 1.807) is 6.92 Å². The van der Waals surface area contributed by atoms with Crippen molar-refractivity contribution in [3.63, 3.8) is 0 Å². The van der Waals surface area contributed by atoms with Crippen molar-refractivity contribution < 1.29 is 23.1 Å². The van der Waals surface area contributed by atoms with Gasteiger partial charge in [0.2, 0.25) is 5.91 Å². The van der Waals surface area contributed by atoms with Crippen LogP contribution in [0.15, 0.2) is 18.2 Å². The van der Waals surface area contributed by atoms with Crippen molar-refractivity contribution in [2.45, 2.75) is 19.8 Å². The summed E-state index contributed by atoms with van der Waals surface area (Å²) in [6.07, 6.45) is 1.51. The molecule has 1 atom stereocenters. The molecule has 1 aliphatic heterocycles. The van der Waals surface area contributed by atoms with Crippen LogP contribution in [0, 0.1) is 17.6 Å². The van der Waals surface area contributed by atoms with E-state index in [9.17, 15) is 18.4 Å². The maximum absolute atomic E-state index is 13.5. The monoisotopic (exact) mass is 326 g/mol. The molecule has 0 bridgehead atoms. The number of carbonyl (C=O) groups is 2. The first kappa shape index (κ1) is 17.3. The molecule has 1 aromatic carbocycles. The summed E-state index contributed by atoms with van der Waals surface area (Å²) >= 11 is 0. The summed E-state index contributed by atoms with van der Waals surface area (Å²) in [5.41, 5.74) is -0.186. The maximum atomic E-state index is 13.5. The van der Waals surface area contributed by atoms with Crippen LogP contribution in [0.4, 0.5) is 14.5 Å². The van der Waals surface area contributed by atoms with Crippen molar-refractivity contribution in [1.29, 1.82) is 0 Å². The Labute approximate surface area is 133 Å². The molecule has 1 heterocycles. The second-order valence-electron chi connectivity index (χ2n) is 5.50. The zero-order valence-electron chi connectivity index (χ0n) is 13.0. The van der Waals surface area contributed by atoms with Crippen LogP contribution in [0.1, 0.15) is 19.8 Å². The van der Waals surface area contributed by atoms with Gasteiger partial charge in [0.05, 0.1) is 24.8 Å². The van der Waals surface area contributed by atoms with E-state index in [1.165, 1.54) is 0 Å². The molecule has 1 aliphatic rings. The Balaban J connectivity index is 1.89. The Morgan fingerprint density at radius 1 is 1.39 bits per heavy atom. The standard InChI is InChI=1S/C16H20F2N2O3/c1-2-23-16(22)11-4-3-7-20(9-11)10-15(21)19-14-8-12(17)5-6-13(14)18/h5-6,8,11H,2-4,7,9-10H2,1H3,(H,19,21). The Morgan fingerprint density at radius 2 is 2.17 bits per heavy atom. The lowest BCUT2D eigenvalue weighted by Gasteiger charge is -2.30. The topological polar surface area (TPSA) is 58.6 Å². The van der Waals surface area contributed by atoms with E-state index in [0.717, 1.165) is 31.0 Å². The molecule has 1 amide bonds. The number of nitrogens with one attached hydrogen (secondary N) is 1. The van der Waals surface area contributed by atoms with Crippen LogP contribution in [0.25, 0.3) is 0 Å². The maximum Gasteiger partial charge on any atom is 0.310 e. The predicted molar refractivity (Wildman–Crippen MR) is 80.8 cm³/mol. The molecule has 7 heteroatoms. The van der Waals surface area contributed by atoms with Crippen LogP contribution in [0.2, 0.25) is 0 Å². The van der Waals surface area contributed by atoms with E-state index >= 15 is 0 Å². The summed E-state index contributed by atoms with van der Waals surface area (Å²) in [4.78, 5) is 25.6. The van der Waals surface area contributed by atoms with Crippen LogP contribution in [-0.4, -0.2) is 43.0 Å². The summed E-state index contributed by atoms with van der Waals surface area (Å²) in [5.74, 6) is -2.26. The minimum atomic E-state index is -0.692. The van der Waals surface area contributed by atoms with Gasteiger partial charge in [0, 0.05) is 12.6 Å². The van der Waals surface area contributed by atoms with Crippen molar-refractivity contribution in [2.24, 2.45) is 5.92 Å². The number of benzene rings is 1. The lowest BCUT2D eigenvalue weighted by atomic mass is 9.98. The molecule has 126 valence electrons. The highest BCUT2D eigenvalue weighted by molar-refractivity contribution is 5.92. The molecule has 2 rings (SSSR count). The van der Waals surface area contributed by atoms with Gasteiger partial charge in [-0.2, -0.15) is 0 Å². The van der Waals surface area contributed by atoms with Gasteiger partial charge in [0.15, 0.2) is 0 Å². The zero-order chi connectivity index (χ0) is 16.8. The van der Waals surface area contributed by atoms with Gasteiger partial charge in [-0.15, -0.1) is 0 Å². The third-order valence-electron chi connectivity index (χ3n) is 3.70. The average molecular weight is 326 g/mol. The molecule has 1 fully saturated rings. The molecule has 5 nitrogen and oxygen atoms in total. The molecule has 1 unspecified atom stereocenters. The van der Waals surface area contributed by atoms with Crippen LogP contribution >= 0.6 is 0 Å². The van der Waals surface area contributed by atoms with Crippen molar-refractivity contribution in [1.82, 2.24) is 4.90 Å². The van der Waals surface area contributed by atoms with Gasteiger partial charge >= 0.3 is 5.97 Å². The number of esters is 1. The molecule has 0 radical (unpaired) electrons. The smallest absolute Gasteiger partial charge is 0.310 e. The van der Waals surface area contributed by atoms with Crippen LogP contribution in [0.3, 0.4) is 0 Å². The second-order valence-corrected chi connectivity index (χ2v) is 5.50. The average Bonchev–Trinajstić information content (AvgIpc) is 2.51. The molecule has 0 aromatic heterocycles. The molecule has 1 aromatic rings. The quantitative estimate of drug-likeness (QED) is 0.843. The van der Waals surface area contributed by atoms with E-state index in [2.05, 4.69) is 5.32 Å². The number of piperidine rings is 1. The summed E-state index contributed by atoms with van der Waals surface area (Å²) in [6.45, 7) is 3.20. The normalized spacial score (nSPS) is 18.5. The molecular weight excluding hydrogens is 306 g/mol. The molecule has 1 saturated heterocycles. The first-order valence-electron chi connectivity index (χ1n) is 7.63. The van der Waals surface area contributed by atoms with Gasteiger partial charge in [-0.05, 0) is 38.4 Å². The minimum absolute atomic E-state index is 0.0197. The largest absolute Gasteiger partial charge is 0.466 e. The fraction of sp³-hybridized carbons (Fsp3) is 0.500. The van der Waals surface area contributed by atoms with E-state index in [0.29, 0.717) is 19.7 Å². The number of amides is 1. The van der Waals surface area contributed by atoms with Crippen molar-refractivity contribution >= 4 is 17.6 Å². The zero-order valence-corrected chi connectivity index (χ0v) is 13.0. The molecule has 1 N–H and O–H groups in total. The Bertz CT molecular complexity index is 580. The van der Waals surface area contributed by atoms with Crippen LogP contribution in [0.5, 0.6) is 0 Å². The highest BCUT2D eigenvalue weighted by atomic mass is 19.1. The molecular formula is C16H20F2N2O3. The lowest BCUT2D eigenvalue weighted by Crippen LogP contribution is -2.43. The van der Waals surface area contributed by atoms with Gasteiger partial charge < -0.3 is 10.1 Å². The number of hydrogen-bond acceptors (Lipinski definition) is 4. The highest BCUT2D eigenvalue weighted by Gasteiger charge is 2.27. The number of nitrogens with zero attached hydrogens (tertiary/aromatic N) is 1. The van der Waals surface area contributed by atoms with E-state index in [4.69, 9.17) is 4.74 Å². The van der Waals surface area contributed by atoms with Gasteiger partial charge in [-0.1, -0.05) is 0 Å². The van der Waals surface area contributed by atoms with Gasteiger partial charge in [-0.3, -0.25) is 14.5 Å². The number of halogens is 2. The number of carbonyl (C=O) groups excluding carboxylic acids is 2. The summed E-state index contributed by atoms with van der Waals surface area (Å²) in [5, 5.41) is 2.36. The van der Waals surface area contributed by atoms with Gasteiger partial charge in [0.25, 0.3) is 0 Å². The predicted octanol–water partition coefficient (Wildman–Crippen LogP) is 2.18. The van der Waals surface area contributed by atoms with E-state index in [-0.39, 0.29) is 24.1 Å². The number of ether oxygens (including phenoxy) is 1. The first-order chi connectivity index (χ1) is 11.0. The number of hydrogen-bond donors (Lipinski definition) is 1. The first-order valence-corrected chi connectivity index (χ1v) is 7.63. The fourth-order valence-electron chi connectivity index (χ4n) is 2.64. The molecule has 0 aliphatic carbocycles. The van der Waals surface area contributed by atoms with E-state index in [1.807, 2.05) is 4.90 Å². The van der Waals surface area contributed by atoms with Crippen molar-refractivity contribution in [3.05, 3.63) is 29.8 Å². The van der Waals surface area contributed by atoms with Crippen LogP contribution < -0.4 is 5.32 Å². The number of likely N-dealkylation sites (tertiary alicyclic amines) is 1. The SMILES string of the molecule is CCOC(=O)C1CCCN(CC(=O)Nc2cc(F)ccc2F)C1. The molecule has 0 saturated carbocycles. The molecule has 0 spiro atoms. The second kappa shape index (κ2) is 8.01. The Kier molecular flexibility index (Phi) is 6.04. The number of rotatable bonds is 5. The van der Waals surface area contributed by atoms with E-state index < -0.39 is 17.5 Å². The third-order valence-corrected chi connectivity index (χ3v) is 3.70.